The highest BCUT2D eigenvalue weighted by molar-refractivity contribution is 14.0. The first-order valence-corrected chi connectivity index (χ1v) is 9.57. The van der Waals surface area contributed by atoms with Crippen LogP contribution in [0.1, 0.15) is 28.8 Å². The molecule has 4 rings (SSSR count). The van der Waals surface area contributed by atoms with Crippen LogP contribution in [0.3, 0.4) is 0 Å². The van der Waals surface area contributed by atoms with Gasteiger partial charge < -0.3 is 15.8 Å². The number of fused-ring (bicyclic) bond motifs is 1. The van der Waals surface area contributed by atoms with Gasteiger partial charge in [-0.05, 0) is 72.4 Å². The summed E-state index contributed by atoms with van der Waals surface area (Å²) in [5, 5.41) is 3.19. The summed E-state index contributed by atoms with van der Waals surface area (Å²) in [7, 11) is 0. The largest absolute Gasteiger partial charge is 0.487 e. The van der Waals surface area contributed by atoms with Crippen LogP contribution in [0.5, 0.6) is 5.75 Å². The fraction of sp³-hybridized carbons (Fsp3) is 0.217. The van der Waals surface area contributed by atoms with Gasteiger partial charge in [0.05, 0.1) is 12.2 Å². The number of benzene rings is 2. The van der Waals surface area contributed by atoms with Gasteiger partial charge in [0.15, 0.2) is 5.96 Å². The number of guanidine groups is 1. The van der Waals surface area contributed by atoms with Crippen molar-refractivity contribution in [3.63, 3.8) is 0 Å². The molecule has 0 fully saturated rings. The highest BCUT2D eigenvalue weighted by atomic mass is 127. The fourth-order valence-electron chi connectivity index (χ4n) is 3.39. The number of nitrogens with zero attached hydrogens (tertiary/aromatic N) is 2. The minimum Gasteiger partial charge on any atom is -0.487 e. The number of hydrogen-bond donors (Lipinski definition) is 2. The average molecular weight is 500 g/mol. The zero-order valence-corrected chi connectivity index (χ0v) is 18.5. The number of anilines is 1. The third-order valence-electron chi connectivity index (χ3n) is 4.81. The normalized spacial score (nSPS) is 12.8. The lowest BCUT2D eigenvalue weighted by Crippen LogP contribution is -2.22. The molecule has 3 aromatic rings. The van der Waals surface area contributed by atoms with E-state index in [1.54, 1.807) is 6.20 Å². The van der Waals surface area contributed by atoms with Crippen LogP contribution in [-0.4, -0.2) is 10.9 Å². The predicted molar refractivity (Wildman–Crippen MR) is 128 cm³/mol. The second-order valence-electron chi connectivity index (χ2n) is 6.92. The Morgan fingerprint density at radius 3 is 2.79 bits per heavy atom. The van der Waals surface area contributed by atoms with Gasteiger partial charge in [-0.15, -0.1) is 24.0 Å². The molecule has 1 aromatic heterocycles. The van der Waals surface area contributed by atoms with E-state index in [-0.39, 0.29) is 24.0 Å². The van der Waals surface area contributed by atoms with Crippen molar-refractivity contribution in [1.29, 1.82) is 0 Å². The van der Waals surface area contributed by atoms with Crippen LogP contribution >= 0.6 is 24.0 Å². The number of ether oxygens (including phenoxy) is 1. The van der Waals surface area contributed by atoms with Crippen LogP contribution in [0.25, 0.3) is 0 Å². The summed E-state index contributed by atoms with van der Waals surface area (Å²) in [5.74, 6) is 1.21. The molecule has 0 spiro atoms. The highest BCUT2D eigenvalue weighted by Gasteiger charge is 2.10. The quantitative estimate of drug-likeness (QED) is 0.293. The molecule has 1 heterocycles. The molecule has 1 aliphatic rings. The van der Waals surface area contributed by atoms with Crippen LogP contribution in [0.2, 0.25) is 0 Å². The average Bonchev–Trinajstić information content (AvgIpc) is 3.20. The minimum atomic E-state index is 0. The Labute approximate surface area is 188 Å². The van der Waals surface area contributed by atoms with Crippen molar-refractivity contribution in [2.45, 2.75) is 32.4 Å². The molecule has 0 aliphatic heterocycles. The van der Waals surface area contributed by atoms with Gasteiger partial charge in [-0.3, -0.25) is 4.98 Å². The van der Waals surface area contributed by atoms with Crippen molar-refractivity contribution >= 4 is 35.6 Å². The monoisotopic (exact) mass is 500 g/mol. The van der Waals surface area contributed by atoms with E-state index in [1.165, 1.54) is 24.0 Å². The van der Waals surface area contributed by atoms with E-state index < -0.39 is 0 Å². The van der Waals surface area contributed by atoms with Crippen LogP contribution in [0.15, 0.2) is 71.9 Å². The summed E-state index contributed by atoms with van der Waals surface area (Å²) < 4.78 is 5.82. The second kappa shape index (κ2) is 10.2. The number of aromatic nitrogens is 1. The van der Waals surface area contributed by atoms with Gasteiger partial charge in [0.25, 0.3) is 0 Å². The Morgan fingerprint density at radius 1 is 1.03 bits per heavy atom. The summed E-state index contributed by atoms with van der Waals surface area (Å²) >= 11 is 0. The van der Waals surface area contributed by atoms with Gasteiger partial charge in [-0.2, -0.15) is 0 Å². The molecule has 1 aliphatic carbocycles. The van der Waals surface area contributed by atoms with E-state index in [1.807, 2.05) is 42.5 Å². The summed E-state index contributed by atoms with van der Waals surface area (Å²) in [4.78, 5) is 8.72. The molecule has 0 saturated carbocycles. The Bertz CT molecular complexity index is 976. The van der Waals surface area contributed by atoms with E-state index in [9.17, 15) is 0 Å². The second-order valence-corrected chi connectivity index (χ2v) is 6.92. The predicted octanol–water partition coefficient (Wildman–Crippen LogP) is 4.69. The first-order valence-electron chi connectivity index (χ1n) is 9.57. The molecule has 150 valence electrons. The lowest BCUT2D eigenvalue weighted by Gasteiger charge is -2.09. The molecule has 2 aromatic carbocycles. The van der Waals surface area contributed by atoms with Crippen LogP contribution < -0.4 is 15.8 Å². The summed E-state index contributed by atoms with van der Waals surface area (Å²) in [6.45, 7) is 0.931. The molecule has 0 saturated heterocycles. The van der Waals surface area contributed by atoms with Crippen molar-refractivity contribution in [3.05, 3.63) is 89.2 Å². The molecule has 0 bridgehead atoms. The molecular formula is C23H25IN4O. The van der Waals surface area contributed by atoms with E-state index in [4.69, 9.17) is 10.5 Å². The standard InChI is InChI=1S/C23H24N4O.HI/c24-23(27-20-11-10-18-6-4-7-19(18)14-20)26-15-17-5-3-9-22(13-17)28-16-21-8-1-2-12-25-21;/h1-3,5,8-14H,4,6-7,15-16H2,(H3,24,26,27);1H. The van der Waals surface area contributed by atoms with Crippen LogP contribution in [0, 0.1) is 0 Å². The Morgan fingerprint density at radius 2 is 1.93 bits per heavy atom. The maximum absolute atomic E-state index is 6.07. The smallest absolute Gasteiger partial charge is 0.193 e. The zero-order chi connectivity index (χ0) is 19.2. The maximum Gasteiger partial charge on any atom is 0.193 e. The first-order chi connectivity index (χ1) is 13.8. The lowest BCUT2D eigenvalue weighted by molar-refractivity contribution is 0.301. The van der Waals surface area contributed by atoms with Crippen LogP contribution in [-0.2, 0) is 26.0 Å². The van der Waals surface area contributed by atoms with E-state index >= 15 is 0 Å². The molecule has 6 heteroatoms. The maximum atomic E-state index is 6.07. The summed E-state index contributed by atoms with van der Waals surface area (Å²) in [6.07, 6.45) is 5.33. The summed E-state index contributed by atoms with van der Waals surface area (Å²) in [6, 6.07) is 20.1. The molecule has 0 radical (unpaired) electrons. The lowest BCUT2D eigenvalue weighted by atomic mass is 10.1. The van der Waals surface area contributed by atoms with Gasteiger partial charge in [-0.1, -0.05) is 24.3 Å². The van der Waals surface area contributed by atoms with Crippen molar-refractivity contribution < 1.29 is 4.74 Å². The number of halogens is 1. The molecule has 0 atom stereocenters. The Hall–Kier alpha value is -2.61. The number of hydrogen-bond acceptors (Lipinski definition) is 3. The van der Waals surface area contributed by atoms with Crippen molar-refractivity contribution in [2.75, 3.05) is 5.32 Å². The topological polar surface area (TPSA) is 72.5 Å². The molecule has 0 unspecified atom stereocenters. The minimum absolute atomic E-state index is 0. The Balaban J connectivity index is 0.00000240. The Kier molecular flexibility index (Phi) is 7.46. The van der Waals surface area contributed by atoms with Crippen molar-refractivity contribution in [3.8, 4) is 5.75 Å². The van der Waals surface area contributed by atoms with E-state index in [2.05, 4.69) is 33.5 Å². The van der Waals surface area contributed by atoms with Gasteiger partial charge in [0.2, 0.25) is 0 Å². The number of nitrogens with two attached hydrogens (primary N) is 1. The van der Waals surface area contributed by atoms with E-state index in [0.29, 0.717) is 19.1 Å². The third kappa shape index (κ3) is 5.93. The number of rotatable bonds is 6. The molecular weight excluding hydrogens is 475 g/mol. The molecule has 5 nitrogen and oxygen atoms in total. The summed E-state index contributed by atoms with van der Waals surface area (Å²) in [5.41, 5.74) is 11.9. The fourth-order valence-corrected chi connectivity index (χ4v) is 3.39. The van der Waals surface area contributed by atoms with Gasteiger partial charge >= 0.3 is 0 Å². The molecule has 3 N–H and O–H groups in total. The molecule has 0 amide bonds. The zero-order valence-electron chi connectivity index (χ0n) is 16.2. The highest BCUT2D eigenvalue weighted by Crippen LogP contribution is 2.24. The van der Waals surface area contributed by atoms with Crippen molar-refractivity contribution in [2.24, 2.45) is 10.7 Å². The van der Waals surface area contributed by atoms with Crippen molar-refractivity contribution in [1.82, 2.24) is 4.98 Å². The first kappa shape index (κ1) is 21.1. The van der Waals surface area contributed by atoms with Gasteiger partial charge in [0.1, 0.15) is 12.4 Å². The SMILES string of the molecule is I.NC(=NCc1cccc(OCc2ccccn2)c1)Nc1ccc2c(c1)CCC2. The van der Waals surface area contributed by atoms with Gasteiger partial charge in [-0.25, -0.2) is 4.99 Å². The molecule has 29 heavy (non-hydrogen) atoms. The van der Waals surface area contributed by atoms with Crippen LogP contribution in [0.4, 0.5) is 5.69 Å². The number of nitrogens with one attached hydrogen (secondary N) is 1. The number of pyridine rings is 1. The number of aryl methyl sites for hydroxylation is 2. The number of aliphatic imine (C=N–C) groups is 1. The van der Waals surface area contributed by atoms with E-state index in [0.717, 1.165) is 29.1 Å². The third-order valence-corrected chi connectivity index (χ3v) is 4.81. The van der Waals surface area contributed by atoms with Gasteiger partial charge in [0, 0.05) is 11.9 Å².